The van der Waals surface area contributed by atoms with E-state index in [1.165, 1.54) is 7.11 Å². The molecule has 0 saturated carbocycles. The Hall–Kier alpha value is -3.69. The monoisotopic (exact) mass is 524 g/mol. The Balaban J connectivity index is 1.77. The van der Waals surface area contributed by atoms with Crippen LogP contribution >= 0.6 is 11.6 Å². The van der Waals surface area contributed by atoms with Gasteiger partial charge in [0.2, 0.25) is 5.75 Å². The summed E-state index contributed by atoms with van der Waals surface area (Å²) in [5.41, 5.74) is 1.50. The van der Waals surface area contributed by atoms with Gasteiger partial charge in [0.1, 0.15) is 11.5 Å². The lowest BCUT2D eigenvalue weighted by molar-refractivity contribution is 0.409. The van der Waals surface area contributed by atoms with Crippen LogP contribution in [-0.4, -0.2) is 30.5 Å². The standard InChI is InChI=1S/C26H25ClN4O4S/c1-26(2,3)18-8-10-21(11-9-18)36(32,33)31-25-22(35-20-7-5-6-19(16-20)34-4)23(27)29-24(30-25)17-12-14-28-15-13-17/h5-16H,1-4H3,(H,29,30,31). The molecule has 1 N–H and O–H groups in total. The number of rotatable bonds is 7. The zero-order valence-corrected chi connectivity index (χ0v) is 21.8. The van der Waals surface area contributed by atoms with Crippen LogP contribution in [0.2, 0.25) is 5.15 Å². The predicted molar refractivity (Wildman–Crippen MR) is 139 cm³/mol. The zero-order valence-electron chi connectivity index (χ0n) is 20.2. The molecule has 0 atom stereocenters. The molecule has 2 heterocycles. The van der Waals surface area contributed by atoms with Gasteiger partial charge in [-0.05, 0) is 47.4 Å². The van der Waals surface area contributed by atoms with E-state index < -0.39 is 10.0 Å². The average molecular weight is 525 g/mol. The fourth-order valence-electron chi connectivity index (χ4n) is 3.32. The van der Waals surface area contributed by atoms with Crippen LogP contribution in [0.5, 0.6) is 17.2 Å². The number of sulfonamides is 1. The van der Waals surface area contributed by atoms with E-state index in [9.17, 15) is 8.42 Å². The highest BCUT2D eigenvalue weighted by molar-refractivity contribution is 7.92. The van der Waals surface area contributed by atoms with Gasteiger partial charge < -0.3 is 9.47 Å². The van der Waals surface area contributed by atoms with Crippen molar-refractivity contribution in [3.63, 3.8) is 0 Å². The van der Waals surface area contributed by atoms with Gasteiger partial charge >= 0.3 is 0 Å². The molecule has 8 nitrogen and oxygen atoms in total. The number of anilines is 1. The van der Waals surface area contributed by atoms with Crippen molar-refractivity contribution in [2.75, 3.05) is 11.8 Å². The third kappa shape index (κ3) is 5.75. The quantitative estimate of drug-likeness (QED) is 0.292. The van der Waals surface area contributed by atoms with E-state index in [4.69, 9.17) is 21.1 Å². The van der Waals surface area contributed by atoms with Crippen molar-refractivity contribution in [3.05, 3.63) is 83.8 Å². The lowest BCUT2D eigenvalue weighted by atomic mass is 9.87. The first-order valence-corrected chi connectivity index (χ1v) is 12.9. The van der Waals surface area contributed by atoms with Crippen LogP contribution in [0.1, 0.15) is 26.3 Å². The molecule has 0 aliphatic rings. The molecule has 36 heavy (non-hydrogen) atoms. The molecule has 186 valence electrons. The number of benzene rings is 2. The Kier molecular flexibility index (Phi) is 7.14. The molecular formula is C26H25ClN4O4S. The van der Waals surface area contributed by atoms with Gasteiger partial charge in [-0.3, -0.25) is 9.71 Å². The predicted octanol–water partition coefficient (Wildman–Crippen LogP) is 6.09. The molecule has 0 aliphatic carbocycles. The molecule has 0 fully saturated rings. The third-order valence-corrected chi connectivity index (χ3v) is 6.90. The minimum atomic E-state index is -4.03. The van der Waals surface area contributed by atoms with E-state index in [-0.39, 0.29) is 32.9 Å². The SMILES string of the molecule is COc1cccc(Oc2c(Cl)nc(-c3ccncc3)nc2NS(=O)(=O)c2ccc(C(C)(C)C)cc2)c1. The summed E-state index contributed by atoms with van der Waals surface area (Å²) in [7, 11) is -2.50. The van der Waals surface area contributed by atoms with E-state index in [0.29, 0.717) is 17.1 Å². The van der Waals surface area contributed by atoms with Crippen LogP contribution in [0.15, 0.2) is 78.0 Å². The van der Waals surface area contributed by atoms with Gasteiger partial charge in [0.05, 0.1) is 12.0 Å². The number of nitrogens with zero attached hydrogens (tertiary/aromatic N) is 3. The maximum absolute atomic E-state index is 13.3. The Morgan fingerprint density at radius 2 is 1.58 bits per heavy atom. The van der Waals surface area contributed by atoms with Crippen LogP contribution in [0.3, 0.4) is 0 Å². The highest BCUT2D eigenvalue weighted by atomic mass is 35.5. The summed E-state index contributed by atoms with van der Waals surface area (Å²) >= 11 is 6.50. The molecule has 4 rings (SSSR count). The fraction of sp³-hybridized carbons (Fsp3) is 0.192. The summed E-state index contributed by atoms with van der Waals surface area (Å²) in [5, 5.41) is -0.0691. The van der Waals surface area contributed by atoms with E-state index in [0.717, 1.165) is 5.56 Å². The maximum atomic E-state index is 13.3. The topological polar surface area (TPSA) is 103 Å². The maximum Gasteiger partial charge on any atom is 0.263 e. The molecule has 4 aromatic rings. The van der Waals surface area contributed by atoms with Gasteiger partial charge in [-0.1, -0.05) is 50.6 Å². The van der Waals surface area contributed by atoms with E-state index >= 15 is 0 Å². The molecule has 0 amide bonds. The number of hydrogen-bond donors (Lipinski definition) is 1. The normalized spacial score (nSPS) is 11.7. The van der Waals surface area contributed by atoms with Crippen molar-refractivity contribution in [2.45, 2.75) is 31.1 Å². The van der Waals surface area contributed by atoms with Gasteiger partial charge in [0, 0.05) is 24.0 Å². The summed E-state index contributed by atoms with van der Waals surface area (Å²) < 4.78 is 40.4. The third-order valence-electron chi connectivity index (χ3n) is 5.29. The van der Waals surface area contributed by atoms with E-state index in [2.05, 4.69) is 40.4 Å². The summed E-state index contributed by atoms with van der Waals surface area (Å²) in [4.78, 5) is 12.8. The second-order valence-electron chi connectivity index (χ2n) is 8.91. The number of methoxy groups -OCH3 is 1. The number of nitrogens with one attached hydrogen (secondary N) is 1. The molecule has 0 unspecified atom stereocenters. The highest BCUT2D eigenvalue weighted by Gasteiger charge is 2.24. The lowest BCUT2D eigenvalue weighted by Gasteiger charge is -2.19. The number of ether oxygens (including phenoxy) is 2. The molecule has 0 bridgehead atoms. The van der Waals surface area contributed by atoms with Crippen molar-refractivity contribution in [1.29, 1.82) is 0 Å². The Morgan fingerprint density at radius 1 is 0.917 bits per heavy atom. The van der Waals surface area contributed by atoms with Crippen LogP contribution in [0.4, 0.5) is 5.82 Å². The van der Waals surface area contributed by atoms with Crippen molar-refractivity contribution < 1.29 is 17.9 Å². The molecule has 0 aliphatic heterocycles. The summed E-state index contributed by atoms with van der Waals surface area (Å²) in [6, 6.07) is 16.9. The smallest absolute Gasteiger partial charge is 0.263 e. The Labute approximate surface area is 215 Å². The molecule has 0 spiro atoms. The Bertz CT molecular complexity index is 1470. The van der Waals surface area contributed by atoms with E-state index in [1.54, 1.807) is 73.1 Å². The molecule has 0 saturated heterocycles. The number of pyridine rings is 1. The number of halogens is 1. The van der Waals surface area contributed by atoms with Crippen LogP contribution in [0, 0.1) is 0 Å². The first kappa shape index (κ1) is 25.4. The zero-order chi connectivity index (χ0) is 25.9. The number of aromatic nitrogens is 3. The fourth-order valence-corrected chi connectivity index (χ4v) is 4.53. The summed E-state index contributed by atoms with van der Waals surface area (Å²) in [5.74, 6) is 0.980. The van der Waals surface area contributed by atoms with Gasteiger partial charge in [-0.25, -0.2) is 18.4 Å². The first-order valence-electron chi connectivity index (χ1n) is 11.0. The van der Waals surface area contributed by atoms with Crippen LogP contribution in [0.25, 0.3) is 11.4 Å². The van der Waals surface area contributed by atoms with Crippen molar-refractivity contribution in [3.8, 4) is 28.6 Å². The molecule has 2 aromatic carbocycles. The van der Waals surface area contributed by atoms with Crippen molar-refractivity contribution in [1.82, 2.24) is 15.0 Å². The average Bonchev–Trinajstić information content (AvgIpc) is 2.86. The van der Waals surface area contributed by atoms with Gasteiger partial charge in [0.25, 0.3) is 10.0 Å². The van der Waals surface area contributed by atoms with Gasteiger partial charge in [-0.15, -0.1) is 0 Å². The van der Waals surface area contributed by atoms with E-state index in [1.807, 2.05) is 0 Å². The van der Waals surface area contributed by atoms with Crippen molar-refractivity contribution in [2.24, 2.45) is 0 Å². The van der Waals surface area contributed by atoms with Gasteiger partial charge in [-0.2, -0.15) is 0 Å². The Morgan fingerprint density at radius 3 is 2.22 bits per heavy atom. The number of hydrogen-bond acceptors (Lipinski definition) is 7. The van der Waals surface area contributed by atoms with Gasteiger partial charge in [0.15, 0.2) is 16.8 Å². The lowest BCUT2D eigenvalue weighted by Crippen LogP contribution is -2.16. The molecule has 0 radical (unpaired) electrons. The minimum Gasteiger partial charge on any atom is -0.497 e. The van der Waals surface area contributed by atoms with Crippen molar-refractivity contribution >= 4 is 27.4 Å². The second kappa shape index (κ2) is 10.1. The molecular weight excluding hydrogens is 500 g/mol. The first-order chi connectivity index (χ1) is 17.1. The second-order valence-corrected chi connectivity index (χ2v) is 11.0. The molecule has 2 aromatic heterocycles. The minimum absolute atomic E-state index is 0.0439. The largest absolute Gasteiger partial charge is 0.497 e. The highest BCUT2D eigenvalue weighted by Crippen LogP contribution is 2.38. The van der Waals surface area contributed by atoms with Crippen LogP contribution < -0.4 is 14.2 Å². The summed E-state index contributed by atoms with van der Waals surface area (Å²) in [6.07, 6.45) is 3.15. The molecule has 10 heteroatoms. The summed E-state index contributed by atoms with van der Waals surface area (Å²) in [6.45, 7) is 6.17. The van der Waals surface area contributed by atoms with Crippen LogP contribution in [-0.2, 0) is 15.4 Å².